The molecule has 0 spiro atoms. The second kappa shape index (κ2) is 4.10. The molecule has 0 bridgehead atoms. The molecule has 0 amide bonds. The molecule has 2 heteroatoms. The van der Waals surface area contributed by atoms with E-state index < -0.39 is 16.1 Å². The van der Waals surface area contributed by atoms with E-state index in [9.17, 15) is 0 Å². The Morgan fingerprint density at radius 2 is 1.25 bits per heavy atom. The molecule has 0 aromatic rings. The van der Waals surface area contributed by atoms with Crippen LogP contribution in [0.3, 0.4) is 0 Å². The Balaban J connectivity index is 4.45. The first-order chi connectivity index (χ1) is 5.19. The first-order valence-corrected chi connectivity index (χ1v) is 11.9. The first-order valence-electron chi connectivity index (χ1n) is 4.85. The molecule has 12 heavy (non-hydrogen) atoms. The van der Waals surface area contributed by atoms with Crippen molar-refractivity contribution < 1.29 is 0 Å². The van der Waals surface area contributed by atoms with Gasteiger partial charge in [0.25, 0.3) is 0 Å². The zero-order valence-corrected chi connectivity index (χ0v) is 11.6. The van der Waals surface area contributed by atoms with Crippen molar-refractivity contribution in [3.05, 3.63) is 12.1 Å². The van der Waals surface area contributed by atoms with Crippen molar-refractivity contribution in [2.45, 2.75) is 52.1 Å². The van der Waals surface area contributed by atoms with Crippen molar-refractivity contribution in [3.63, 3.8) is 0 Å². The molecule has 0 aliphatic carbocycles. The topological polar surface area (TPSA) is 0 Å². The summed E-state index contributed by atoms with van der Waals surface area (Å²) in [7, 11) is -2.01. The largest absolute Gasteiger partial charge is 0.0694 e. The van der Waals surface area contributed by atoms with Crippen LogP contribution in [-0.2, 0) is 0 Å². The van der Waals surface area contributed by atoms with E-state index >= 15 is 0 Å². The van der Waals surface area contributed by atoms with Gasteiger partial charge in [-0.25, -0.2) is 0 Å². The van der Waals surface area contributed by atoms with Gasteiger partial charge in [-0.2, -0.15) is 0 Å². The highest BCUT2D eigenvalue weighted by Crippen LogP contribution is 2.31. The fraction of sp³-hybridized carbons (Fsp3) is 0.800. The number of hydrogen-bond acceptors (Lipinski definition) is 0. The Bertz CT molecular complexity index is 114. The molecular weight excluding hydrogens is 176 g/mol. The average molecular weight is 200 g/mol. The van der Waals surface area contributed by atoms with E-state index in [4.69, 9.17) is 0 Å². The van der Waals surface area contributed by atoms with Gasteiger partial charge in [-0.05, 0) is 5.16 Å². The summed E-state index contributed by atoms with van der Waals surface area (Å²) >= 11 is 0. The van der Waals surface area contributed by atoms with Gasteiger partial charge in [-0.1, -0.05) is 59.0 Å². The van der Waals surface area contributed by atoms with Gasteiger partial charge < -0.3 is 0 Å². The van der Waals surface area contributed by atoms with E-state index in [1.54, 1.807) is 0 Å². The molecule has 0 unspecified atom stereocenters. The smallest absolute Gasteiger partial charge is 0.0478 e. The maximum absolute atomic E-state index is 3.98. The van der Waals surface area contributed by atoms with Crippen molar-refractivity contribution >= 4 is 16.1 Å². The molecule has 0 aromatic carbocycles. The minimum atomic E-state index is -1.00. The SMILES string of the molecule is [CH2]CC[C]([Si](C)(C)C)[Si](C)(C)C. The lowest BCUT2D eigenvalue weighted by molar-refractivity contribution is 0.971. The van der Waals surface area contributed by atoms with Crippen molar-refractivity contribution in [1.29, 1.82) is 0 Å². The molecule has 0 aromatic heterocycles. The van der Waals surface area contributed by atoms with E-state index in [1.165, 1.54) is 6.42 Å². The Hall–Kier alpha value is 0.434. The molecule has 0 heterocycles. The predicted molar refractivity (Wildman–Crippen MR) is 64.5 cm³/mol. The van der Waals surface area contributed by atoms with E-state index in [1.807, 2.05) is 5.16 Å². The van der Waals surface area contributed by atoms with Crippen molar-refractivity contribution in [2.24, 2.45) is 0 Å². The summed E-state index contributed by atoms with van der Waals surface area (Å²) in [5.41, 5.74) is 0. The second-order valence-electron chi connectivity index (χ2n) is 5.58. The van der Waals surface area contributed by atoms with Crippen molar-refractivity contribution in [2.75, 3.05) is 0 Å². The van der Waals surface area contributed by atoms with Crippen molar-refractivity contribution in [3.8, 4) is 0 Å². The fourth-order valence-electron chi connectivity index (χ4n) is 2.05. The third kappa shape index (κ3) is 3.90. The standard InChI is InChI=1S/C10H24Si2/c1-8-9-10(11(2,3)4)12(5,6)7/h1,8-9H2,2-7H3. The van der Waals surface area contributed by atoms with Crippen LogP contribution in [-0.4, -0.2) is 16.1 Å². The lowest BCUT2D eigenvalue weighted by atomic mass is 10.4. The minimum Gasteiger partial charge on any atom is -0.0694 e. The maximum Gasteiger partial charge on any atom is 0.0478 e. The monoisotopic (exact) mass is 200 g/mol. The molecule has 0 aliphatic heterocycles. The van der Waals surface area contributed by atoms with Crippen LogP contribution in [0.4, 0.5) is 0 Å². The lowest BCUT2D eigenvalue weighted by Gasteiger charge is -2.37. The lowest BCUT2D eigenvalue weighted by Crippen LogP contribution is -2.46. The van der Waals surface area contributed by atoms with E-state index in [0.717, 1.165) is 6.42 Å². The highest BCUT2D eigenvalue weighted by atomic mass is 28.4. The summed E-state index contributed by atoms with van der Waals surface area (Å²) in [6, 6.07) is 0. The van der Waals surface area contributed by atoms with Crippen LogP contribution in [0.2, 0.25) is 39.3 Å². The fourth-order valence-corrected chi connectivity index (χ4v) is 12.9. The Kier molecular flexibility index (Phi) is 4.24. The normalized spacial score (nSPS) is 14.0. The maximum atomic E-state index is 3.98. The van der Waals surface area contributed by atoms with Crippen LogP contribution in [0, 0.1) is 12.1 Å². The molecule has 0 saturated carbocycles. The van der Waals surface area contributed by atoms with Gasteiger partial charge in [-0.3, -0.25) is 0 Å². The summed E-state index contributed by atoms with van der Waals surface area (Å²) < 4.78 is 0. The van der Waals surface area contributed by atoms with Crippen LogP contribution in [0.15, 0.2) is 0 Å². The molecule has 2 radical (unpaired) electrons. The molecule has 0 N–H and O–H groups in total. The molecule has 0 rings (SSSR count). The molecule has 0 aliphatic rings. The second-order valence-corrected chi connectivity index (χ2v) is 16.3. The molecular formula is C10H24Si2. The average Bonchev–Trinajstić information content (AvgIpc) is 1.77. The van der Waals surface area contributed by atoms with Gasteiger partial charge in [0.2, 0.25) is 0 Å². The van der Waals surface area contributed by atoms with Gasteiger partial charge in [0.15, 0.2) is 0 Å². The van der Waals surface area contributed by atoms with Crippen LogP contribution >= 0.6 is 0 Å². The first kappa shape index (κ1) is 12.4. The Morgan fingerprint density at radius 1 is 0.917 bits per heavy atom. The van der Waals surface area contributed by atoms with Crippen LogP contribution in [0.1, 0.15) is 12.8 Å². The highest BCUT2D eigenvalue weighted by molar-refractivity contribution is 7.02. The predicted octanol–water partition coefficient (Wildman–Crippen LogP) is 3.93. The summed E-state index contributed by atoms with van der Waals surface area (Å²) in [5, 5.41) is 1.91. The number of rotatable bonds is 4. The zero-order chi connectivity index (χ0) is 9.99. The molecule has 72 valence electrons. The van der Waals surface area contributed by atoms with E-state index in [2.05, 4.69) is 46.2 Å². The highest BCUT2D eigenvalue weighted by Gasteiger charge is 2.36. The summed E-state index contributed by atoms with van der Waals surface area (Å²) in [6.07, 6.45) is 2.37. The Labute approximate surface area is 80.8 Å². The molecule has 0 fully saturated rings. The molecule has 0 nitrogen and oxygen atoms in total. The Morgan fingerprint density at radius 3 is 1.33 bits per heavy atom. The van der Waals surface area contributed by atoms with Gasteiger partial charge in [0, 0.05) is 16.1 Å². The van der Waals surface area contributed by atoms with E-state index in [0.29, 0.717) is 0 Å². The van der Waals surface area contributed by atoms with Crippen molar-refractivity contribution in [1.82, 2.24) is 0 Å². The molecule has 0 atom stereocenters. The van der Waals surface area contributed by atoms with Gasteiger partial charge in [0.1, 0.15) is 0 Å². The summed E-state index contributed by atoms with van der Waals surface area (Å²) in [5.74, 6) is 0. The van der Waals surface area contributed by atoms with Crippen LogP contribution < -0.4 is 0 Å². The van der Waals surface area contributed by atoms with Crippen LogP contribution in [0.5, 0.6) is 0 Å². The minimum absolute atomic E-state index is 1.00. The number of hydrogen-bond donors (Lipinski definition) is 0. The van der Waals surface area contributed by atoms with Gasteiger partial charge in [-0.15, -0.1) is 0 Å². The van der Waals surface area contributed by atoms with Crippen LogP contribution in [0.25, 0.3) is 0 Å². The molecule has 0 saturated heterocycles. The van der Waals surface area contributed by atoms with Gasteiger partial charge in [0.05, 0.1) is 0 Å². The van der Waals surface area contributed by atoms with Gasteiger partial charge >= 0.3 is 0 Å². The third-order valence-corrected chi connectivity index (χ3v) is 10.9. The quantitative estimate of drug-likeness (QED) is 0.603. The third-order valence-electron chi connectivity index (χ3n) is 2.24. The zero-order valence-electron chi connectivity index (χ0n) is 9.62. The summed E-state index contributed by atoms with van der Waals surface area (Å²) in [6.45, 7) is 18.8. The summed E-state index contributed by atoms with van der Waals surface area (Å²) in [4.78, 5) is 0. The van der Waals surface area contributed by atoms with E-state index in [-0.39, 0.29) is 0 Å².